The van der Waals surface area contributed by atoms with Crippen LogP contribution in [0.4, 0.5) is 4.39 Å². The Kier molecular flexibility index (Phi) is 8.14. The van der Waals surface area contributed by atoms with E-state index in [0.29, 0.717) is 0 Å². The van der Waals surface area contributed by atoms with E-state index in [1.807, 2.05) is 24.3 Å². The first-order chi connectivity index (χ1) is 19.3. The van der Waals surface area contributed by atoms with Crippen molar-refractivity contribution in [2.75, 3.05) is 19.6 Å². The van der Waals surface area contributed by atoms with Gasteiger partial charge in [0.1, 0.15) is 17.9 Å². The molecule has 0 radical (unpaired) electrons. The van der Waals surface area contributed by atoms with Crippen molar-refractivity contribution >= 4 is 34.5 Å². The van der Waals surface area contributed by atoms with Crippen molar-refractivity contribution < 1.29 is 23.6 Å². The number of piperazine rings is 1. The van der Waals surface area contributed by atoms with Crippen molar-refractivity contribution in [1.82, 2.24) is 20.1 Å². The van der Waals surface area contributed by atoms with E-state index in [1.54, 1.807) is 11.1 Å². The van der Waals surface area contributed by atoms with Crippen LogP contribution in [0.3, 0.4) is 0 Å². The van der Waals surface area contributed by atoms with E-state index >= 15 is 0 Å². The Morgan fingerprint density at radius 2 is 1.80 bits per heavy atom. The number of aromatic amines is 1. The Labute approximate surface area is 231 Å². The number of amides is 4. The molecular formula is C30H34FN5O4. The van der Waals surface area contributed by atoms with Gasteiger partial charge in [0, 0.05) is 48.1 Å². The highest BCUT2D eigenvalue weighted by Gasteiger charge is 2.40. The van der Waals surface area contributed by atoms with Gasteiger partial charge in [-0.25, -0.2) is 4.39 Å². The molecule has 1 saturated heterocycles. The number of hydrogen-bond acceptors (Lipinski definition) is 4. The molecular weight excluding hydrogens is 513 g/mol. The van der Waals surface area contributed by atoms with Gasteiger partial charge in [-0.2, -0.15) is 0 Å². The summed E-state index contributed by atoms with van der Waals surface area (Å²) in [4.78, 5) is 59.1. The van der Waals surface area contributed by atoms with E-state index in [4.69, 9.17) is 5.73 Å². The Morgan fingerprint density at radius 1 is 1.02 bits per heavy atom. The lowest BCUT2D eigenvalue weighted by atomic mass is 9.87. The standard InChI is InChI=1S/C30H34FN5O4/c31-22-10-6-9-20(15-22)29(39)35-13-14-36(30(40)19-7-2-1-3-8-19)26(18-35)28(38)34-25(27(32)37)16-21-17-33-24-12-5-4-11-23(21)24/h4-6,9-12,15,17,19,25-26,33H,1-3,7-8,13-14,16,18H2,(H2,32,37)(H,34,38)/t25-,26-/m1/s1. The van der Waals surface area contributed by atoms with E-state index in [9.17, 15) is 23.6 Å². The summed E-state index contributed by atoms with van der Waals surface area (Å²) in [6.45, 7) is 0.308. The zero-order chi connectivity index (χ0) is 28.2. The van der Waals surface area contributed by atoms with Crippen LogP contribution < -0.4 is 11.1 Å². The van der Waals surface area contributed by atoms with Gasteiger partial charge >= 0.3 is 0 Å². The largest absolute Gasteiger partial charge is 0.368 e. The number of nitrogens with one attached hydrogen (secondary N) is 2. The summed E-state index contributed by atoms with van der Waals surface area (Å²) < 4.78 is 13.8. The number of H-pyrrole nitrogens is 1. The minimum absolute atomic E-state index is 0.0712. The van der Waals surface area contributed by atoms with E-state index in [1.165, 1.54) is 23.1 Å². The number of benzene rings is 2. The molecule has 0 spiro atoms. The number of hydrogen-bond donors (Lipinski definition) is 3. The number of fused-ring (bicyclic) bond motifs is 1. The Balaban J connectivity index is 1.37. The van der Waals surface area contributed by atoms with Gasteiger partial charge in [-0.1, -0.05) is 43.5 Å². The van der Waals surface area contributed by atoms with Crippen LogP contribution >= 0.6 is 0 Å². The average Bonchev–Trinajstić information content (AvgIpc) is 3.38. The van der Waals surface area contributed by atoms with Gasteiger partial charge in [-0.05, 0) is 42.7 Å². The first-order valence-corrected chi connectivity index (χ1v) is 13.8. The molecule has 3 aromatic rings. The van der Waals surface area contributed by atoms with E-state index < -0.39 is 35.6 Å². The lowest BCUT2D eigenvalue weighted by Gasteiger charge is -2.42. The van der Waals surface area contributed by atoms with Gasteiger partial charge in [0.25, 0.3) is 5.91 Å². The number of carbonyl (C=O) groups excluding carboxylic acids is 4. The van der Waals surface area contributed by atoms with Gasteiger partial charge in [0.2, 0.25) is 17.7 Å². The van der Waals surface area contributed by atoms with Gasteiger partial charge < -0.3 is 25.8 Å². The van der Waals surface area contributed by atoms with Crippen molar-refractivity contribution in [2.24, 2.45) is 11.7 Å². The fourth-order valence-electron chi connectivity index (χ4n) is 5.85. The van der Waals surface area contributed by atoms with Crippen LogP contribution in [0, 0.1) is 11.7 Å². The first kappa shape index (κ1) is 27.4. The lowest BCUT2D eigenvalue weighted by Crippen LogP contribution is -2.64. The zero-order valence-electron chi connectivity index (χ0n) is 22.3. The Bertz CT molecular complexity index is 1420. The Morgan fingerprint density at radius 3 is 2.55 bits per heavy atom. The summed E-state index contributed by atoms with van der Waals surface area (Å²) in [6.07, 6.45) is 6.48. The lowest BCUT2D eigenvalue weighted by molar-refractivity contribution is -0.147. The minimum Gasteiger partial charge on any atom is -0.368 e. The molecule has 210 valence electrons. The number of carbonyl (C=O) groups is 4. The van der Waals surface area contributed by atoms with Crippen molar-refractivity contribution in [3.8, 4) is 0 Å². The maximum atomic E-state index is 13.8. The van der Waals surface area contributed by atoms with Gasteiger partial charge in [0.05, 0.1) is 6.54 Å². The molecule has 1 aliphatic carbocycles. The normalized spacial score (nSPS) is 18.9. The van der Waals surface area contributed by atoms with Crippen LogP contribution in [0.25, 0.3) is 10.9 Å². The molecule has 0 unspecified atom stereocenters. The monoisotopic (exact) mass is 547 g/mol. The second-order valence-electron chi connectivity index (χ2n) is 10.7. The molecule has 2 aliphatic rings. The van der Waals surface area contributed by atoms with Crippen molar-refractivity contribution in [3.63, 3.8) is 0 Å². The summed E-state index contributed by atoms with van der Waals surface area (Å²) in [5, 5.41) is 3.68. The topological polar surface area (TPSA) is 129 Å². The first-order valence-electron chi connectivity index (χ1n) is 13.8. The second-order valence-corrected chi connectivity index (χ2v) is 10.7. The third-order valence-electron chi connectivity index (χ3n) is 8.04. The van der Waals surface area contributed by atoms with Crippen LogP contribution in [0.1, 0.15) is 48.0 Å². The van der Waals surface area contributed by atoms with Crippen molar-refractivity contribution in [1.29, 1.82) is 0 Å². The molecule has 10 heteroatoms. The summed E-state index contributed by atoms with van der Waals surface area (Å²) in [7, 11) is 0. The van der Waals surface area contributed by atoms with Crippen LogP contribution in [0.2, 0.25) is 0 Å². The zero-order valence-corrected chi connectivity index (χ0v) is 22.3. The molecule has 1 aliphatic heterocycles. The molecule has 1 aromatic heterocycles. The highest BCUT2D eigenvalue weighted by atomic mass is 19.1. The van der Waals surface area contributed by atoms with Crippen LogP contribution in [0.5, 0.6) is 0 Å². The number of nitrogens with two attached hydrogens (primary N) is 1. The molecule has 1 saturated carbocycles. The molecule has 2 fully saturated rings. The number of nitrogens with zero attached hydrogens (tertiary/aromatic N) is 2. The van der Waals surface area contributed by atoms with E-state index in [2.05, 4.69) is 10.3 Å². The summed E-state index contributed by atoms with van der Waals surface area (Å²) >= 11 is 0. The van der Waals surface area contributed by atoms with E-state index in [-0.39, 0.29) is 43.4 Å². The second kappa shape index (κ2) is 11.9. The molecule has 9 nitrogen and oxygen atoms in total. The fourth-order valence-corrected chi connectivity index (χ4v) is 5.85. The molecule has 2 atom stereocenters. The fraction of sp³-hybridized carbons (Fsp3) is 0.400. The van der Waals surface area contributed by atoms with Crippen LogP contribution in [-0.4, -0.2) is 70.1 Å². The number of rotatable bonds is 7. The number of para-hydroxylation sites is 1. The third kappa shape index (κ3) is 5.85. The number of aromatic nitrogens is 1. The molecule has 4 N–H and O–H groups in total. The average molecular weight is 548 g/mol. The van der Waals surface area contributed by atoms with Gasteiger partial charge in [0.15, 0.2) is 0 Å². The summed E-state index contributed by atoms with van der Waals surface area (Å²) in [6, 6.07) is 11.0. The summed E-state index contributed by atoms with van der Waals surface area (Å²) in [5.74, 6) is -2.49. The predicted octanol–water partition coefficient (Wildman–Crippen LogP) is 2.75. The third-order valence-corrected chi connectivity index (χ3v) is 8.04. The highest BCUT2D eigenvalue weighted by Crippen LogP contribution is 2.28. The molecule has 4 amide bonds. The maximum absolute atomic E-state index is 13.8. The van der Waals surface area contributed by atoms with Crippen molar-refractivity contribution in [2.45, 2.75) is 50.6 Å². The van der Waals surface area contributed by atoms with Crippen molar-refractivity contribution in [3.05, 3.63) is 71.7 Å². The number of primary amides is 1. The maximum Gasteiger partial charge on any atom is 0.254 e. The van der Waals surface area contributed by atoms with Gasteiger partial charge in [-0.15, -0.1) is 0 Å². The summed E-state index contributed by atoms with van der Waals surface area (Å²) in [5.41, 5.74) is 7.59. The Hall–Kier alpha value is -4.21. The van der Waals surface area contributed by atoms with E-state index in [0.717, 1.165) is 54.6 Å². The molecule has 2 heterocycles. The minimum atomic E-state index is -1.02. The molecule has 40 heavy (non-hydrogen) atoms. The number of halogens is 1. The highest BCUT2D eigenvalue weighted by molar-refractivity contribution is 5.97. The molecule has 2 aromatic carbocycles. The van der Waals surface area contributed by atoms with Crippen LogP contribution in [0.15, 0.2) is 54.7 Å². The smallest absolute Gasteiger partial charge is 0.254 e. The van der Waals surface area contributed by atoms with Crippen LogP contribution in [-0.2, 0) is 20.8 Å². The molecule has 0 bridgehead atoms. The van der Waals surface area contributed by atoms with Gasteiger partial charge in [-0.3, -0.25) is 19.2 Å². The SMILES string of the molecule is NC(=O)[C@@H](Cc1c[nH]c2ccccc12)NC(=O)[C@H]1CN(C(=O)c2cccc(F)c2)CCN1C(=O)C1CCCCC1. The quantitative estimate of drug-likeness (QED) is 0.420. The predicted molar refractivity (Wildman–Crippen MR) is 148 cm³/mol. The molecule has 5 rings (SSSR count).